The highest BCUT2D eigenvalue weighted by Gasteiger charge is 2.10. The maximum Gasteiger partial charge on any atom is 0.319 e. The number of carbonyl (C=O) groups is 1. The molecule has 0 aliphatic heterocycles. The van der Waals surface area contributed by atoms with Crippen LogP contribution in [0.2, 0.25) is 0 Å². The first kappa shape index (κ1) is 14.2. The van der Waals surface area contributed by atoms with Crippen molar-refractivity contribution in [3.8, 4) is 5.69 Å². The van der Waals surface area contributed by atoms with Crippen LogP contribution in [0.15, 0.2) is 48.1 Å². The summed E-state index contributed by atoms with van der Waals surface area (Å²) in [6, 6.07) is 10.9. The van der Waals surface area contributed by atoms with E-state index < -0.39 is 0 Å². The minimum absolute atomic E-state index is 0.0273. The van der Waals surface area contributed by atoms with Crippen LogP contribution in [0.1, 0.15) is 17.8 Å². The number of anilines is 1. The number of nitrogens with one attached hydrogen (secondary N) is 2. The van der Waals surface area contributed by atoms with E-state index in [1.54, 1.807) is 28.2 Å². The van der Waals surface area contributed by atoms with Crippen LogP contribution in [0, 0.1) is 0 Å². The Kier molecular flexibility index (Phi) is 4.10. The fraction of sp³-hybridized carbons (Fsp3) is 0.143. The number of amides is 2. The minimum atomic E-state index is -0.240. The predicted molar refractivity (Wildman–Crippen MR) is 84.0 cm³/mol. The molecule has 3 rings (SSSR count). The number of benzene rings is 1. The molecular formula is C14H14N6OS. The first-order valence-corrected chi connectivity index (χ1v) is 7.55. The molecule has 0 saturated carbocycles. The van der Waals surface area contributed by atoms with E-state index in [4.69, 9.17) is 0 Å². The zero-order chi connectivity index (χ0) is 15.4. The van der Waals surface area contributed by atoms with Crippen molar-refractivity contribution < 1.29 is 4.79 Å². The molecule has 0 spiro atoms. The predicted octanol–water partition coefficient (Wildman–Crippen LogP) is 2.61. The van der Waals surface area contributed by atoms with Gasteiger partial charge >= 0.3 is 6.03 Å². The summed E-state index contributed by atoms with van der Waals surface area (Å²) < 4.78 is 1.54. The van der Waals surface area contributed by atoms with Crippen molar-refractivity contribution in [2.75, 3.05) is 5.32 Å². The Morgan fingerprint density at radius 1 is 1.27 bits per heavy atom. The van der Waals surface area contributed by atoms with Crippen LogP contribution in [-0.2, 0) is 0 Å². The van der Waals surface area contributed by atoms with Crippen molar-refractivity contribution in [3.05, 3.63) is 53.0 Å². The second-order valence-corrected chi connectivity index (χ2v) is 5.62. The van der Waals surface area contributed by atoms with Gasteiger partial charge in [0.15, 0.2) is 0 Å². The number of urea groups is 1. The van der Waals surface area contributed by atoms with Crippen LogP contribution in [0.3, 0.4) is 0 Å². The van der Waals surface area contributed by atoms with Gasteiger partial charge in [-0.2, -0.15) is 0 Å². The van der Waals surface area contributed by atoms with Crippen LogP contribution in [0.5, 0.6) is 0 Å². The molecule has 7 nitrogen and oxygen atoms in total. The third-order valence-corrected chi connectivity index (χ3v) is 4.11. The topological polar surface area (TPSA) is 84.7 Å². The lowest BCUT2D eigenvalue weighted by Crippen LogP contribution is -2.30. The molecule has 0 fully saturated rings. The second-order valence-electron chi connectivity index (χ2n) is 4.64. The Hall–Kier alpha value is -2.74. The van der Waals surface area contributed by atoms with Crippen molar-refractivity contribution in [2.24, 2.45) is 0 Å². The second kappa shape index (κ2) is 6.35. The molecule has 2 N–H and O–H groups in total. The van der Waals surface area contributed by atoms with Gasteiger partial charge in [0.05, 0.1) is 11.7 Å². The number of nitrogens with zero attached hydrogens (tertiary/aromatic N) is 4. The van der Waals surface area contributed by atoms with Gasteiger partial charge in [-0.25, -0.2) is 9.48 Å². The number of tetrazole rings is 1. The van der Waals surface area contributed by atoms with E-state index in [2.05, 4.69) is 26.2 Å². The van der Waals surface area contributed by atoms with E-state index in [-0.39, 0.29) is 12.1 Å². The van der Waals surface area contributed by atoms with Crippen LogP contribution < -0.4 is 10.6 Å². The van der Waals surface area contributed by atoms with Gasteiger partial charge in [0, 0.05) is 10.6 Å². The van der Waals surface area contributed by atoms with E-state index in [9.17, 15) is 4.79 Å². The van der Waals surface area contributed by atoms with Crippen molar-refractivity contribution in [1.82, 2.24) is 25.5 Å². The van der Waals surface area contributed by atoms with Crippen molar-refractivity contribution in [3.63, 3.8) is 0 Å². The highest BCUT2D eigenvalue weighted by Crippen LogP contribution is 2.18. The summed E-state index contributed by atoms with van der Waals surface area (Å²) in [6.07, 6.45) is 1.51. The van der Waals surface area contributed by atoms with E-state index in [0.29, 0.717) is 5.69 Å². The summed E-state index contributed by atoms with van der Waals surface area (Å²) in [6.45, 7) is 1.95. The van der Waals surface area contributed by atoms with Crippen molar-refractivity contribution >= 4 is 23.1 Å². The number of hydrogen-bond donors (Lipinski definition) is 2. The lowest BCUT2D eigenvalue weighted by molar-refractivity contribution is 0.249. The third kappa shape index (κ3) is 3.29. The van der Waals surface area contributed by atoms with Gasteiger partial charge in [-0.05, 0) is 53.1 Å². The van der Waals surface area contributed by atoms with Crippen LogP contribution in [-0.4, -0.2) is 26.2 Å². The lowest BCUT2D eigenvalue weighted by Gasteiger charge is -2.13. The monoisotopic (exact) mass is 314 g/mol. The molecule has 2 heterocycles. The van der Waals surface area contributed by atoms with Gasteiger partial charge in [-0.1, -0.05) is 6.07 Å². The molecular weight excluding hydrogens is 300 g/mol. The number of rotatable bonds is 4. The fourth-order valence-corrected chi connectivity index (χ4v) is 2.68. The molecule has 3 aromatic rings. The summed E-state index contributed by atoms with van der Waals surface area (Å²) in [5.41, 5.74) is 1.52. The molecule has 2 aromatic heterocycles. The standard InChI is InChI=1S/C14H14N6OS/c1-10(13-3-2-8-22-13)16-14(21)17-11-4-6-12(7-5-11)20-9-15-18-19-20/h2-10H,1H3,(H2,16,17,21)/t10-/m1/s1. The van der Waals surface area contributed by atoms with E-state index in [1.165, 1.54) is 6.33 Å². The molecule has 0 radical (unpaired) electrons. The average Bonchev–Trinajstić information content (AvgIpc) is 3.21. The summed E-state index contributed by atoms with van der Waals surface area (Å²) in [4.78, 5) is 13.1. The molecule has 0 saturated heterocycles. The molecule has 8 heteroatoms. The highest BCUT2D eigenvalue weighted by atomic mass is 32.1. The first-order chi connectivity index (χ1) is 10.7. The maximum absolute atomic E-state index is 12.0. The van der Waals surface area contributed by atoms with Crippen molar-refractivity contribution in [1.29, 1.82) is 0 Å². The Bertz CT molecular complexity index is 723. The molecule has 0 unspecified atom stereocenters. The van der Waals surface area contributed by atoms with E-state index >= 15 is 0 Å². The van der Waals surface area contributed by atoms with E-state index in [1.807, 2.05) is 36.6 Å². The van der Waals surface area contributed by atoms with Gasteiger partial charge < -0.3 is 10.6 Å². The van der Waals surface area contributed by atoms with Crippen LogP contribution in [0.4, 0.5) is 10.5 Å². The molecule has 112 valence electrons. The number of aromatic nitrogens is 4. The van der Waals surface area contributed by atoms with Gasteiger partial charge in [0.1, 0.15) is 6.33 Å². The Morgan fingerprint density at radius 3 is 2.73 bits per heavy atom. The lowest BCUT2D eigenvalue weighted by atomic mass is 10.2. The summed E-state index contributed by atoms with van der Waals surface area (Å²) in [5, 5.41) is 18.6. The number of carbonyl (C=O) groups excluding carboxylic acids is 1. The van der Waals surface area contributed by atoms with Gasteiger partial charge in [0.2, 0.25) is 0 Å². The molecule has 2 amide bonds. The van der Waals surface area contributed by atoms with Gasteiger partial charge in [0.25, 0.3) is 0 Å². The molecule has 1 atom stereocenters. The maximum atomic E-state index is 12.0. The summed E-state index contributed by atoms with van der Waals surface area (Å²) >= 11 is 1.62. The van der Waals surface area contributed by atoms with Crippen molar-refractivity contribution in [2.45, 2.75) is 13.0 Å². The molecule has 22 heavy (non-hydrogen) atoms. The zero-order valence-electron chi connectivity index (χ0n) is 11.8. The molecule has 0 bridgehead atoms. The highest BCUT2D eigenvalue weighted by molar-refractivity contribution is 7.10. The first-order valence-electron chi connectivity index (χ1n) is 6.67. The van der Waals surface area contributed by atoms with Gasteiger partial charge in [-0.15, -0.1) is 16.4 Å². The number of hydrogen-bond acceptors (Lipinski definition) is 5. The largest absolute Gasteiger partial charge is 0.331 e. The normalized spacial score (nSPS) is 11.9. The minimum Gasteiger partial charge on any atom is -0.331 e. The fourth-order valence-electron chi connectivity index (χ4n) is 1.95. The van der Waals surface area contributed by atoms with Crippen LogP contribution in [0.25, 0.3) is 5.69 Å². The number of thiophene rings is 1. The zero-order valence-corrected chi connectivity index (χ0v) is 12.6. The van der Waals surface area contributed by atoms with E-state index in [0.717, 1.165) is 10.6 Å². The molecule has 0 aliphatic rings. The third-order valence-electron chi connectivity index (χ3n) is 3.06. The molecule has 0 aliphatic carbocycles. The Balaban J connectivity index is 1.60. The summed E-state index contributed by atoms with van der Waals surface area (Å²) in [7, 11) is 0. The molecule has 1 aromatic carbocycles. The smallest absolute Gasteiger partial charge is 0.319 e. The quantitative estimate of drug-likeness (QED) is 0.775. The summed E-state index contributed by atoms with van der Waals surface area (Å²) in [5.74, 6) is 0. The average molecular weight is 314 g/mol. The Morgan fingerprint density at radius 2 is 2.09 bits per heavy atom. The Labute approximate surface area is 131 Å². The SMILES string of the molecule is C[C@@H](NC(=O)Nc1ccc(-n2cnnn2)cc1)c1cccs1. The van der Waals surface area contributed by atoms with Crippen LogP contribution >= 0.6 is 11.3 Å². The van der Waals surface area contributed by atoms with Gasteiger partial charge in [-0.3, -0.25) is 0 Å².